The van der Waals surface area contributed by atoms with Gasteiger partial charge in [0.2, 0.25) is 0 Å². The number of nitrogens with two attached hydrogens (primary N) is 1. The number of imide groups is 1. The lowest BCUT2D eigenvalue weighted by Crippen LogP contribution is -2.45. The number of amides is 3. The van der Waals surface area contributed by atoms with Crippen molar-refractivity contribution in [2.75, 3.05) is 5.75 Å². The van der Waals surface area contributed by atoms with Crippen molar-refractivity contribution in [1.29, 1.82) is 0 Å². The average Bonchev–Trinajstić information content (AvgIpc) is 2.75. The number of esters is 1. The first-order chi connectivity index (χ1) is 10.7. The molecule has 1 rings (SSSR count). The monoisotopic (exact) mass is 343 g/mol. The summed E-state index contributed by atoms with van der Waals surface area (Å²) >= 11 is 1.33. The molecule has 1 aromatic heterocycles. The van der Waals surface area contributed by atoms with Crippen molar-refractivity contribution in [1.82, 2.24) is 10.5 Å². The number of thioether (sulfide) groups is 1. The maximum Gasteiger partial charge on any atom is 0.318 e. The SMILES string of the molecule is Cc1noc(C)c1CSCC(=O)O[C@H](C(=O)NC(N)=O)C(C)C. The molecular weight excluding hydrogens is 322 g/mol. The van der Waals surface area contributed by atoms with Gasteiger partial charge < -0.3 is 15.0 Å². The molecule has 0 spiro atoms. The quantitative estimate of drug-likeness (QED) is 0.715. The fourth-order valence-corrected chi connectivity index (χ4v) is 2.76. The fraction of sp³-hybridized carbons (Fsp3) is 0.571. The van der Waals surface area contributed by atoms with E-state index in [0.717, 1.165) is 11.3 Å². The lowest BCUT2D eigenvalue weighted by Gasteiger charge is -2.19. The summed E-state index contributed by atoms with van der Waals surface area (Å²) < 4.78 is 10.2. The highest BCUT2D eigenvalue weighted by atomic mass is 32.2. The number of hydrogen-bond donors (Lipinski definition) is 2. The Balaban J connectivity index is 2.50. The summed E-state index contributed by atoms with van der Waals surface area (Å²) in [4.78, 5) is 34.4. The summed E-state index contributed by atoms with van der Waals surface area (Å²) in [6.45, 7) is 7.04. The van der Waals surface area contributed by atoms with E-state index in [9.17, 15) is 14.4 Å². The number of urea groups is 1. The minimum absolute atomic E-state index is 0.0666. The molecule has 0 aliphatic heterocycles. The minimum Gasteiger partial charge on any atom is -0.451 e. The first-order valence-electron chi connectivity index (χ1n) is 7.01. The fourth-order valence-electron chi connectivity index (χ4n) is 1.80. The molecule has 0 saturated carbocycles. The summed E-state index contributed by atoms with van der Waals surface area (Å²) in [6, 6.07) is -0.982. The predicted octanol–water partition coefficient (Wildman–Crippen LogP) is 1.29. The number of hydrogen-bond acceptors (Lipinski definition) is 7. The molecule has 0 unspecified atom stereocenters. The van der Waals surface area contributed by atoms with E-state index in [1.807, 2.05) is 12.2 Å². The highest BCUT2D eigenvalue weighted by Crippen LogP contribution is 2.20. The van der Waals surface area contributed by atoms with E-state index in [1.165, 1.54) is 11.8 Å². The Bertz CT molecular complexity index is 565. The van der Waals surface area contributed by atoms with E-state index in [0.29, 0.717) is 11.5 Å². The van der Waals surface area contributed by atoms with Crippen LogP contribution in [0.1, 0.15) is 30.9 Å². The third kappa shape index (κ3) is 5.93. The van der Waals surface area contributed by atoms with Crippen molar-refractivity contribution in [2.24, 2.45) is 11.7 Å². The van der Waals surface area contributed by atoms with Crippen LogP contribution in [0.5, 0.6) is 0 Å². The molecule has 1 atom stereocenters. The molecule has 0 bridgehead atoms. The van der Waals surface area contributed by atoms with Crippen LogP contribution in [0.25, 0.3) is 0 Å². The van der Waals surface area contributed by atoms with Crippen LogP contribution < -0.4 is 11.1 Å². The number of carbonyl (C=O) groups excluding carboxylic acids is 3. The molecule has 128 valence electrons. The van der Waals surface area contributed by atoms with Crippen LogP contribution in [0, 0.1) is 19.8 Å². The molecule has 3 N–H and O–H groups in total. The van der Waals surface area contributed by atoms with E-state index in [-0.39, 0.29) is 11.7 Å². The van der Waals surface area contributed by atoms with Crippen LogP contribution in [0.4, 0.5) is 4.79 Å². The van der Waals surface area contributed by atoms with E-state index in [2.05, 4.69) is 5.16 Å². The van der Waals surface area contributed by atoms with Crippen LogP contribution in [0.2, 0.25) is 0 Å². The molecule has 9 heteroatoms. The standard InChI is InChI=1S/C14H21N3O5S/c1-7(2)12(13(19)16-14(15)20)21-11(18)6-23-5-10-8(3)17-22-9(10)4/h7,12H,5-6H2,1-4H3,(H3,15,16,19,20)/t12-/m0/s1. The zero-order valence-corrected chi connectivity index (χ0v) is 14.4. The summed E-state index contributed by atoms with van der Waals surface area (Å²) in [7, 11) is 0. The van der Waals surface area contributed by atoms with Crippen molar-refractivity contribution >= 4 is 29.7 Å². The molecule has 0 radical (unpaired) electrons. The number of aromatic nitrogens is 1. The van der Waals surface area contributed by atoms with Gasteiger partial charge in [-0.05, 0) is 19.8 Å². The highest BCUT2D eigenvalue weighted by molar-refractivity contribution is 7.99. The van der Waals surface area contributed by atoms with E-state index < -0.39 is 24.0 Å². The minimum atomic E-state index is -1.06. The van der Waals surface area contributed by atoms with Gasteiger partial charge in [0.25, 0.3) is 5.91 Å². The van der Waals surface area contributed by atoms with Crippen molar-refractivity contribution in [3.63, 3.8) is 0 Å². The number of primary amides is 1. The van der Waals surface area contributed by atoms with Gasteiger partial charge in [0.05, 0.1) is 11.4 Å². The van der Waals surface area contributed by atoms with Crippen molar-refractivity contribution in [2.45, 2.75) is 39.6 Å². The predicted molar refractivity (Wildman–Crippen MR) is 84.6 cm³/mol. The smallest absolute Gasteiger partial charge is 0.318 e. The zero-order valence-electron chi connectivity index (χ0n) is 13.5. The second-order valence-corrected chi connectivity index (χ2v) is 6.29. The van der Waals surface area contributed by atoms with Crippen LogP contribution in [0.3, 0.4) is 0 Å². The Hall–Kier alpha value is -2.03. The topological polar surface area (TPSA) is 125 Å². The van der Waals surface area contributed by atoms with Gasteiger partial charge >= 0.3 is 12.0 Å². The molecule has 1 heterocycles. The average molecular weight is 343 g/mol. The van der Waals surface area contributed by atoms with Gasteiger partial charge in [-0.2, -0.15) is 0 Å². The Morgan fingerprint density at radius 3 is 2.48 bits per heavy atom. The Kier molecular flexibility index (Phi) is 7.08. The molecule has 1 aromatic rings. The number of carbonyl (C=O) groups is 3. The number of nitrogens with zero attached hydrogens (tertiary/aromatic N) is 1. The van der Waals surface area contributed by atoms with Crippen molar-refractivity contribution < 1.29 is 23.6 Å². The van der Waals surface area contributed by atoms with Crippen LogP contribution in [-0.2, 0) is 20.1 Å². The van der Waals surface area contributed by atoms with Gasteiger partial charge in [-0.3, -0.25) is 14.9 Å². The lowest BCUT2D eigenvalue weighted by atomic mass is 10.1. The highest BCUT2D eigenvalue weighted by Gasteiger charge is 2.27. The summed E-state index contributed by atoms with van der Waals surface area (Å²) in [5, 5.41) is 5.75. The van der Waals surface area contributed by atoms with Crippen LogP contribution in [-0.4, -0.2) is 34.9 Å². The first-order valence-corrected chi connectivity index (χ1v) is 8.17. The molecule has 3 amide bonds. The summed E-state index contributed by atoms with van der Waals surface area (Å²) in [5.41, 5.74) is 6.62. The third-order valence-electron chi connectivity index (χ3n) is 3.02. The molecular formula is C14H21N3O5S. The van der Waals surface area contributed by atoms with Gasteiger partial charge in [0.1, 0.15) is 5.76 Å². The Labute approximate surface area is 138 Å². The zero-order chi connectivity index (χ0) is 17.6. The van der Waals surface area contributed by atoms with E-state index in [4.69, 9.17) is 15.0 Å². The van der Waals surface area contributed by atoms with Crippen molar-refractivity contribution in [3.8, 4) is 0 Å². The third-order valence-corrected chi connectivity index (χ3v) is 3.95. The first kappa shape index (κ1) is 19.0. The van der Waals surface area contributed by atoms with Gasteiger partial charge in [0.15, 0.2) is 6.10 Å². The molecule has 0 aliphatic rings. The number of nitrogens with one attached hydrogen (secondary N) is 1. The van der Waals surface area contributed by atoms with Gasteiger partial charge in [-0.15, -0.1) is 11.8 Å². The van der Waals surface area contributed by atoms with E-state index >= 15 is 0 Å². The lowest BCUT2D eigenvalue weighted by molar-refractivity contribution is -0.155. The molecule has 23 heavy (non-hydrogen) atoms. The molecule has 0 saturated heterocycles. The molecule has 0 fully saturated rings. The Morgan fingerprint density at radius 2 is 2.00 bits per heavy atom. The largest absolute Gasteiger partial charge is 0.451 e. The number of aryl methyl sites for hydroxylation is 2. The molecule has 0 aliphatic carbocycles. The number of ether oxygens (including phenoxy) is 1. The number of rotatable bonds is 7. The Morgan fingerprint density at radius 1 is 1.35 bits per heavy atom. The van der Waals surface area contributed by atoms with Crippen LogP contribution >= 0.6 is 11.8 Å². The van der Waals surface area contributed by atoms with Gasteiger partial charge in [-0.25, -0.2) is 4.79 Å². The summed E-state index contributed by atoms with van der Waals surface area (Å²) in [5.74, 6) is -0.223. The summed E-state index contributed by atoms with van der Waals surface area (Å²) in [6.07, 6.45) is -1.06. The molecule has 8 nitrogen and oxygen atoms in total. The van der Waals surface area contributed by atoms with Crippen LogP contribution in [0.15, 0.2) is 4.52 Å². The van der Waals surface area contributed by atoms with Gasteiger partial charge in [0, 0.05) is 11.3 Å². The van der Waals surface area contributed by atoms with Crippen molar-refractivity contribution in [3.05, 3.63) is 17.0 Å². The maximum absolute atomic E-state index is 11.9. The normalized spacial score (nSPS) is 12.0. The second kappa shape index (κ2) is 8.56. The second-order valence-electron chi connectivity index (χ2n) is 5.30. The van der Waals surface area contributed by atoms with E-state index in [1.54, 1.807) is 20.8 Å². The van der Waals surface area contributed by atoms with Gasteiger partial charge in [-0.1, -0.05) is 19.0 Å². The molecule has 0 aromatic carbocycles. The maximum atomic E-state index is 11.9.